The predicted octanol–water partition coefficient (Wildman–Crippen LogP) is 3.22. The van der Waals surface area contributed by atoms with E-state index in [2.05, 4.69) is 19.1 Å². The van der Waals surface area contributed by atoms with Crippen molar-refractivity contribution in [1.29, 1.82) is 0 Å². The first-order valence-corrected chi connectivity index (χ1v) is 8.63. The fourth-order valence-corrected chi connectivity index (χ4v) is 5.02. The van der Waals surface area contributed by atoms with Gasteiger partial charge in [-0.3, -0.25) is 0 Å². The van der Waals surface area contributed by atoms with Gasteiger partial charge < -0.3 is 0 Å². The minimum atomic E-state index is -2.83. The maximum atomic E-state index is 11.4. The van der Waals surface area contributed by atoms with Crippen molar-refractivity contribution in [3.05, 3.63) is 35.9 Å². The van der Waals surface area contributed by atoms with Gasteiger partial charge >= 0.3 is 0 Å². The molecular formula is C14H19ClO2S. The highest BCUT2D eigenvalue weighted by Crippen LogP contribution is 2.32. The fraction of sp³-hybridized carbons (Fsp3) is 0.571. The van der Waals surface area contributed by atoms with Crippen molar-refractivity contribution in [3.8, 4) is 0 Å². The zero-order valence-corrected chi connectivity index (χ0v) is 12.1. The summed E-state index contributed by atoms with van der Waals surface area (Å²) < 4.78 is 22.9. The highest BCUT2D eigenvalue weighted by Gasteiger charge is 2.33. The van der Waals surface area contributed by atoms with Crippen LogP contribution in [0.3, 0.4) is 0 Å². The maximum absolute atomic E-state index is 11.4. The first-order valence-electron chi connectivity index (χ1n) is 6.37. The van der Waals surface area contributed by atoms with Crippen LogP contribution in [0.4, 0.5) is 0 Å². The average molecular weight is 287 g/mol. The van der Waals surface area contributed by atoms with E-state index in [1.807, 2.05) is 18.2 Å². The molecular weight excluding hydrogens is 268 g/mol. The molecule has 0 aromatic heterocycles. The molecule has 1 aliphatic heterocycles. The van der Waals surface area contributed by atoms with Crippen LogP contribution in [0.25, 0.3) is 0 Å². The molecule has 0 aliphatic carbocycles. The summed E-state index contributed by atoms with van der Waals surface area (Å²) in [5, 5.41) is -0.0440. The second-order valence-corrected chi connectivity index (χ2v) is 8.02. The Morgan fingerprint density at radius 3 is 2.56 bits per heavy atom. The summed E-state index contributed by atoms with van der Waals surface area (Å²) in [4.78, 5) is 0. The zero-order chi connectivity index (χ0) is 13.2. The summed E-state index contributed by atoms with van der Waals surface area (Å²) in [5.74, 6) is 1.07. The molecule has 0 amide bonds. The molecule has 2 nitrogen and oxygen atoms in total. The van der Waals surface area contributed by atoms with Crippen molar-refractivity contribution >= 4 is 21.4 Å². The Labute approximate surface area is 114 Å². The molecule has 0 saturated carbocycles. The molecule has 0 spiro atoms. The largest absolute Gasteiger partial charge is 0.229 e. The summed E-state index contributed by atoms with van der Waals surface area (Å²) >= 11 is 6.39. The van der Waals surface area contributed by atoms with Crippen molar-refractivity contribution < 1.29 is 8.42 Å². The highest BCUT2D eigenvalue weighted by molar-refractivity contribution is 7.91. The van der Waals surface area contributed by atoms with E-state index in [1.54, 1.807) is 0 Å². The molecule has 0 N–H and O–H groups in total. The lowest BCUT2D eigenvalue weighted by Crippen LogP contribution is -2.18. The van der Waals surface area contributed by atoms with Crippen molar-refractivity contribution in [3.63, 3.8) is 0 Å². The van der Waals surface area contributed by atoms with Gasteiger partial charge in [0, 0.05) is 5.38 Å². The molecule has 1 fully saturated rings. The molecule has 100 valence electrons. The molecule has 3 atom stereocenters. The van der Waals surface area contributed by atoms with E-state index in [9.17, 15) is 8.42 Å². The summed E-state index contributed by atoms with van der Waals surface area (Å²) in [5.41, 5.74) is 1.27. The third-order valence-electron chi connectivity index (χ3n) is 3.73. The molecule has 3 unspecified atom stereocenters. The van der Waals surface area contributed by atoms with Crippen LogP contribution in [-0.2, 0) is 9.84 Å². The molecule has 0 radical (unpaired) electrons. The normalized spacial score (nSPS) is 25.8. The van der Waals surface area contributed by atoms with Crippen molar-refractivity contribution in [1.82, 2.24) is 0 Å². The second kappa shape index (κ2) is 5.62. The minimum absolute atomic E-state index is 0.0440. The lowest BCUT2D eigenvalue weighted by molar-refractivity contribution is 0.498. The minimum Gasteiger partial charge on any atom is -0.229 e. The van der Waals surface area contributed by atoms with Gasteiger partial charge in [0.2, 0.25) is 0 Å². The predicted molar refractivity (Wildman–Crippen MR) is 75.9 cm³/mol. The number of hydrogen-bond acceptors (Lipinski definition) is 2. The Morgan fingerprint density at radius 2 is 2.00 bits per heavy atom. The number of hydrogen-bond donors (Lipinski definition) is 0. The van der Waals surface area contributed by atoms with Crippen LogP contribution in [-0.4, -0.2) is 25.3 Å². The van der Waals surface area contributed by atoms with E-state index in [-0.39, 0.29) is 17.0 Å². The van der Waals surface area contributed by atoms with Gasteiger partial charge in [0.1, 0.15) is 0 Å². The van der Waals surface area contributed by atoms with Crippen LogP contribution in [0, 0.1) is 5.92 Å². The Bertz CT molecular complexity index is 484. The van der Waals surface area contributed by atoms with E-state index in [1.165, 1.54) is 5.56 Å². The first-order chi connectivity index (χ1) is 8.48. The summed E-state index contributed by atoms with van der Waals surface area (Å²) in [6, 6.07) is 10.2. The molecule has 1 heterocycles. The average Bonchev–Trinajstić information content (AvgIpc) is 2.71. The van der Waals surface area contributed by atoms with Crippen LogP contribution in [0.1, 0.15) is 31.2 Å². The number of alkyl halides is 1. The maximum Gasteiger partial charge on any atom is 0.150 e. The van der Waals surface area contributed by atoms with Crippen LogP contribution in [0.2, 0.25) is 0 Å². The molecule has 1 aliphatic rings. The molecule has 4 heteroatoms. The Kier molecular flexibility index (Phi) is 4.33. The van der Waals surface area contributed by atoms with Gasteiger partial charge in [-0.2, -0.15) is 0 Å². The van der Waals surface area contributed by atoms with Crippen LogP contribution >= 0.6 is 11.6 Å². The van der Waals surface area contributed by atoms with E-state index >= 15 is 0 Å². The quantitative estimate of drug-likeness (QED) is 0.797. The molecule has 0 bridgehead atoms. The van der Waals surface area contributed by atoms with Gasteiger partial charge in [0.15, 0.2) is 9.84 Å². The lowest BCUT2D eigenvalue weighted by Gasteiger charge is -2.20. The van der Waals surface area contributed by atoms with Crippen LogP contribution in [0.15, 0.2) is 30.3 Å². The Hall–Kier alpha value is -0.540. The Balaban J connectivity index is 1.94. The molecule has 1 aromatic carbocycles. The van der Waals surface area contributed by atoms with E-state index in [4.69, 9.17) is 11.6 Å². The molecule has 1 saturated heterocycles. The van der Waals surface area contributed by atoms with Gasteiger partial charge in [-0.1, -0.05) is 37.3 Å². The number of benzene rings is 1. The number of halogens is 1. The topological polar surface area (TPSA) is 34.1 Å². The smallest absolute Gasteiger partial charge is 0.150 e. The van der Waals surface area contributed by atoms with Crippen molar-refractivity contribution in [2.75, 3.05) is 11.5 Å². The van der Waals surface area contributed by atoms with Gasteiger partial charge in [-0.25, -0.2) is 8.42 Å². The fourth-order valence-electron chi connectivity index (χ4n) is 2.56. The molecule has 2 rings (SSSR count). The van der Waals surface area contributed by atoms with E-state index < -0.39 is 9.84 Å². The van der Waals surface area contributed by atoms with Crippen LogP contribution in [0.5, 0.6) is 0 Å². The Morgan fingerprint density at radius 1 is 1.33 bits per heavy atom. The SMILES string of the molecule is CC(CC(Cl)C1CCS(=O)(=O)C1)c1ccccc1. The lowest BCUT2D eigenvalue weighted by atomic mass is 9.91. The zero-order valence-electron chi connectivity index (χ0n) is 10.5. The van der Waals surface area contributed by atoms with Gasteiger partial charge in [-0.15, -0.1) is 11.6 Å². The van der Waals surface area contributed by atoms with E-state index in [0.717, 1.165) is 12.8 Å². The van der Waals surface area contributed by atoms with Crippen molar-refractivity contribution in [2.24, 2.45) is 5.92 Å². The van der Waals surface area contributed by atoms with Crippen molar-refractivity contribution in [2.45, 2.75) is 31.1 Å². The standard InChI is InChI=1S/C14H19ClO2S/c1-11(12-5-3-2-4-6-12)9-14(15)13-7-8-18(16,17)10-13/h2-6,11,13-14H,7-10H2,1H3. The van der Waals surface area contributed by atoms with Gasteiger partial charge in [0.05, 0.1) is 11.5 Å². The molecule has 18 heavy (non-hydrogen) atoms. The number of rotatable bonds is 4. The summed E-state index contributed by atoms with van der Waals surface area (Å²) in [6.07, 6.45) is 1.56. The van der Waals surface area contributed by atoms with Gasteiger partial charge in [-0.05, 0) is 30.2 Å². The highest BCUT2D eigenvalue weighted by atomic mass is 35.5. The third kappa shape index (κ3) is 3.48. The van der Waals surface area contributed by atoms with E-state index in [0.29, 0.717) is 11.7 Å². The van der Waals surface area contributed by atoms with Gasteiger partial charge in [0.25, 0.3) is 0 Å². The second-order valence-electron chi connectivity index (χ2n) is 5.23. The molecule has 1 aromatic rings. The van der Waals surface area contributed by atoms with Crippen LogP contribution < -0.4 is 0 Å². The number of sulfone groups is 1. The summed E-state index contributed by atoms with van der Waals surface area (Å²) in [7, 11) is -2.83. The first kappa shape index (κ1) is 13.9. The monoisotopic (exact) mass is 286 g/mol. The summed E-state index contributed by atoms with van der Waals surface area (Å²) in [6.45, 7) is 2.15. The third-order valence-corrected chi connectivity index (χ3v) is 6.05.